The molecule has 0 spiro atoms. The molecule has 0 aliphatic rings. The molecule has 0 bridgehead atoms. The number of amides is 1. The molecule has 0 saturated carbocycles. The Morgan fingerprint density at radius 2 is 2.08 bits per heavy atom. The largest absolute Gasteiger partial charge is 0.319 e. The van der Waals surface area contributed by atoms with Gasteiger partial charge in [0, 0.05) is 17.9 Å². The predicted molar refractivity (Wildman–Crippen MR) is 97.9 cm³/mol. The summed E-state index contributed by atoms with van der Waals surface area (Å²) in [4.78, 5) is 30.9. The normalized spacial score (nSPS) is 11.1. The highest BCUT2D eigenvalue weighted by molar-refractivity contribution is 6.30. The van der Waals surface area contributed by atoms with Crippen LogP contribution < -0.4 is 11.0 Å². The van der Waals surface area contributed by atoms with Gasteiger partial charge in [0.05, 0.1) is 17.2 Å². The molecular formula is C18H15ClN4O2. The Kier molecular flexibility index (Phi) is 5.20. The number of aromatic nitrogens is 2. The molecule has 0 aliphatic heterocycles. The summed E-state index contributed by atoms with van der Waals surface area (Å²) in [7, 11) is 0. The van der Waals surface area contributed by atoms with E-state index in [9.17, 15) is 9.59 Å². The molecule has 3 rings (SSSR count). The SMILES string of the molecule is O=C(CCc1nc2ccccc2[nH]c1=O)N/N=C/c1cccc(Cl)c1. The molecule has 0 unspecified atom stereocenters. The van der Waals surface area contributed by atoms with Gasteiger partial charge < -0.3 is 4.98 Å². The van der Waals surface area contributed by atoms with E-state index in [1.165, 1.54) is 6.21 Å². The number of hydrazone groups is 1. The van der Waals surface area contributed by atoms with E-state index < -0.39 is 0 Å². The maximum atomic E-state index is 12.0. The predicted octanol–water partition coefficient (Wildman–Crippen LogP) is 2.66. The molecule has 0 aliphatic carbocycles. The number of aryl methyl sites for hydroxylation is 1. The summed E-state index contributed by atoms with van der Waals surface area (Å²) in [6.45, 7) is 0. The number of halogens is 1. The molecule has 7 heteroatoms. The molecule has 1 amide bonds. The minimum Gasteiger partial charge on any atom is -0.319 e. The second-order valence-electron chi connectivity index (χ2n) is 5.38. The first kappa shape index (κ1) is 16.9. The number of fused-ring (bicyclic) bond motifs is 1. The van der Waals surface area contributed by atoms with Gasteiger partial charge in [-0.15, -0.1) is 0 Å². The lowest BCUT2D eigenvalue weighted by Gasteiger charge is -2.02. The van der Waals surface area contributed by atoms with Crippen molar-refractivity contribution in [2.24, 2.45) is 5.10 Å². The first-order valence-electron chi connectivity index (χ1n) is 7.67. The van der Waals surface area contributed by atoms with E-state index >= 15 is 0 Å². The van der Waals surface area contributed by atoms with Crippen molar-refractivity contribution in [3.05, 3.63) is 75.2 Å². The number of para-hydroxylation sites is 2. The van der Waals surface area contributed by atoms with Crippen molar-refractivity contribution in [3.63, 3.8) is 0 Å². The zero-order chi connectivity index (χ0) is 17.6. The van der Waals surface area contributed by atoms with E-state index in [1.54, 1.807) is 24.3 Å². The number of carbonyl (C=O) groups is 1. The highest BCUT2D eigenvalue weighted by atomic mass is 35.5. The molecule has 0 fully saturated rings. The fourth-order valence-corrected chi connectivity index (χ4v) is 2.49. The van der Waals surface area contributed by atoms with Gasteiger partial charge >= 0.3 is 0 Å². The van der Waals surface area contributed by atoms with Crippen molar-refractivity contribution >= 4 is 34.8 Å². The summed E-state index contributed by atoms with van der Waals surface area (Å²) in [6, 6.07) is 14.4. The minimum absolute atomic E-state index is 0.112. The fourth-order valence-electron chi connectivity index (χ4n) is 2.29. The molecule has 0 radical (unpaired) electrons. The van der Waals surface area contributed by atoms with Crippen LogP contribution in [0.3, 0.4) is 0 Å². The molecule has 3 aromatic rings. The molecule has 2 N–H and O–H groups in total. The van der Waals surface area contributed by atoms with Gasteiger partial charge in [-0.05, 0) is 29.8 Å². The van der Waals surface area contributed by atoms with Crippen LogP contribution in [0.2, 0.25) is 5.02 Å². The number of benzene rings is 2. The van der Waals surface area contributed by atoms with E-state index in [2.05, 4.69) is 20.5 Å². The average molecular weight is 355 g/mol. The molecule has 1 aromatic heterocycles. The Morgan fingerprint density at radius 3 is 2.92 bits per heavy atom. The summed E-state index contributed by atoms with van der Waals surface area (Å²) < 4.78 is 0. The molecule has 126 valence electrons. The minimum atomic E-state index is -0.298. The Hall–Kier alpha value is -2.99. The number of nitrogens with zero attached hydrogens (tertiary/aromatic N) is 2. The molecule has 2 aromatic carbocycles. The lowest BCUT2D eigenvalue weighted by molar-refractivity contribution is -0.121. The van der Waals surface area contributed by atoms with Crippen LogP contribution in [0, 0.1) is 0 Å². The Bertz CT molecular complexity index is 998. The molecule has 6 nitrogen and oxygen atoms in total. The number of carbonyl (C=O) groups excluding carboxylic acids is 1. The van der Waals surface area contributed by atoms with E-state index in [4.69, 9.17) is 11.6 Å². The van der Waals surface area contributed by atoms with E-state index in [1.807, 2.05) is 24.3 Å². The van der Waals surface area contributed by atoms with Crippen LogP contribution in [0.25, 0.3) is 11.0 Å². The molecule has 1 heterocycles. The quantitative estimate of drug-likeness (QED) is 0.545. The van der Waals surface area contributed by atoms with Crippen molar-refractivity contribution < 1.29 is 4.79 Å². The van der Waals surface area contributed by atoms with Crippen molar-refractivity contribution in [1.82, 2.24) is 15.4 Å². The average Bonchev–Trinajstić information content (AvgIpc) is 2.60. The topological polar surface area (TPSA) is 87.2 Å². The number of hydrogen-bond donors (Lipinski definition) is 2. The van der Waals surface area contributed by atoms with Crippen LogP contribution in [0.1, 0.15) is 17.7 Å². The van der Waals surface area contributed by atoms with Crippen LogP contribution in [-0.2, 0) is 11.2 Å². The van der Waals surface area contributed by atoms with Gasteiger partial charge in [-0.1, -0.05) is 35.9 Å². The maximum absolute atomic E-state index is 12.0. The first-order chi connectivity index (χ1) is 12.1. The standard InChI is InChI=1S/C18H15ClN4O2/c19-13-5-3-4-12(10-13)11-20-23-17(24)9-8-16-18(25)22-15-7-2-1-6-14(15)21-16/h1-7,10-11H,8-9H2,(H,22,25)(H,23,24)/b20-11+. The summed E-state index contributed by atoms with van der Waals surface area (Å²) in [5.74, 6) is -0.298. The summed E-state index contributed by atoms with van der Waals surface area (Å²) in [5.41, 5.74) is 4.61. The molecule has 25 heavy (non-hydrogen) atoms. The smallest absolute Gasteiger partial charge is 0.270 e. The van der Waals surface area contributed by atoms with Gasteiger partial charge in [-0.2, -0.15) is 5.10 Å². The van der Waals surface area contributed by atoms with Gasteiger partial charge in [0.2, 0.25) is 5.91 Å². The molecule has 0 atom stereocenters. The third-order valence-corrected chi connectivity index (χ3v) is 3.75. The summed E-state index contributed by atoms with van der Waals surface area (Å²) in [5, 5.41) is 4.47. The van der Waals surface area contributed by atoms with Crippen LogP contribution >= 0.6 is 11.6 Å². The number of nitrogens with one attached hydrogen (secondary N) is 2. The molecule has 0 saturated heterocycles. The molecular weight excluding hydrogens is 340 g/mol. The Labute approximate surface area is 148 Å². The van der Waals surface area contributed by atoms with Gasteiger partial charge in [0.15, 0.2) is 0 Å². The summed E-state index contributed by atoms with van der Waals surface area (Å²) in [6.07, 6.45) is 1.85. The highest BCUT2D eigenvalue weighted by Gasteiger charge is 2.07. The van der Waals surface area contributed by atoms with Crippen LogP contribution in [0.15, 0.2) is 58.4 Å². The van der Waals surface area contributed by atoms with E-state index in [-0.39, 0.29) is 24.3 Å². The fraction of sp³-hybridized carbons (Fsp3) is 0.111. The first-order valence-corrected chi connectivity index (χ1v) is 8.05. The van der Waals surface area contributed by atoms with Gasteiger partial charge in [0.25, 0.3) is 5.56 Å². The van der Waals surface area contributed by atoms with Gasteiger partial charge in [-0.25, -0.2) is 10.4 Å². The third kappa shape index (κ3) is 4.51. The Balaban J connectivity index is 1.59. The van der Waals surface area contributed by atoms with Crippen LogP contribution in [0.5, 0.6) is 0 Å². The number of H-pyrrole nitrogens is 1. The van der Waals surface area contributed by atoms with Crippen molar-refractivity contribution in [2.45, 2.75) is 12.8 Å². The lowest BCUT2D eigenvalue weighted by atomic mass is 10.2. The number of hydrogen-bond acceptors (Lipinski definition) is 4. The van der Waals surface area contributed by atoms with E-state index in [0.717, 1.165) is 5.56 Å². The zero-order valence-corrected chi connectivity index (χ0v) is 14.0. The van der Waals surface area contributed by atoms with E-state index in [0.29, 0.717) is 21.7 Å². The maximum Gasteiger partial charge on any atom is 0.270 e. The second kappa shape index (κ2) is 7.72. The Morgan fingerprint density at radius 1 is 1.24 bits per heavy atom. The van der Waals surface area contributed by atoms with Crippen LogP contribution in [-0.4, -0.2) is 22.1 Å². The number of rotatable bonds is 5. The van der Waals surface area contributed by atoms with Crippen molar-refractivity contribution in [1.29, 1.82) is 0 Å². The monoisotopic (exact) mass is 354 g/mol. The second-order valence-corrected chi connectivity index (χ2v) is 5.81. The lowest BCUT2D eigenvalue weighted by Crippen LogP contribution is -2.21. The van der Waals surface area contributed by atoms with Crippen molar-refractivity contribution in [2.75, 3.05) is 0 Å². The summed E-state index contributed by atoms with van der Waals surface area (Å²) >= 11 is 5.87. The van der Waals surface area contributed by atoms with Crippen LogP contribution in [0.4, 0.5) is 0 Å². The third-order valence-electron chi connectivity index (χ3n) is 3.51. The zero-order valence-electron chi connectivity index (χ0n) is 13.2. The number of aromatic amines is 1. The van der Waals surface area contributed by atoms with Gasteiger partial charge in [-0.3, -0.25) is 9.59 Å². The van der Waals surface area contributed by atoms with Gasteiger partial charge in [0.1, 0.15) is 5.69 Å². The highest BCUT2D eigenvalue weighted by Crippen LogP contribution is 2.09. The van der Waals surface area contributed by atoms with Crippen molar-refractivity contribution in [3.8, 4) is 0 Å².